The van der Waals surface area contributed by atoms with Crippen LogP contribution in [0.3, 0.4) is 0 Å². The van der Waals surface area contributed by atoms with Gasteiger partial charge in [0.15, 0.2) is 0 Å². The summed E-state index contributed by atoms with van der Waals surface area (Å²) in [6.07, 6.45) is 4.15. The molecule has 0 amide bonds. The highest BCUT2D eigenvalue weighted by atomic mass is 35.5. The van der Waals surface area contributed by atoms with Crippen LogP contribution in [0.15, 0.2) is 46.9 Å². The standard InChI is InChI=1S/C26H33NO6.ClH/c1-30-25-23(28)21-15-19(16-22(21)24(29)26(25)31-2)5-3-4-12-33-20-8-6-18(7-9-20)17-27-10-13-32-14-11-27;/h6-9,19H,3-5,10-17H2,1-2H3;1H. The van der Waals surface area contributed by atoms with Crippen molar-refractivity contribution in [1.82, 2.24) is 4.90 Å². The van der Waals surface area contributed by atoms with Gasteiger partial charge in [-0.25, -0.2) is 0 Å². The van der Waals surface area contributed by atoms with Gasteiger partial charge in [0.2, 0.25) is 23.1 Å². The Balaban J connectivity index is 0.00000324. The van der Waals surface area contributed by atoms with E-state index in [0.717, 1.165) is 57.9 Å². The summed E-state index contributed by atoms with van der Waals surface area (Å²) in [5.41, 5.74) is 2.50. The number of methoxy groups -OCH3 is 2. The van der Waals surface area contributed by atoms with Crippen LogP contribution in [0.5, 0.6) is 5.75 Å². The van der Waals surface area contributed by atoms with Gasteiger partial charge in [-0.3, -0.25) is 14.5 Å². The maximum atomic E-state index is 12.7. The summed E-state index contributed by atoms with van der Waals surface area (Å²) in [5, 5.41) is 0. The molecule has 2 aliphatic carbocycles. The van der Waals surface area contributed by atoms with Crippen LogP contribution in [-0.4, -0.2) is 63.6 Å². The summed E-state index contributed by atoms with van der Waals surface area (Å²) in [7, 11) is 2.80. The van der Waals surface area contributed by atoms with Gasteiger partial charge in [0, 0.05) is 30.8 Å². The topological polar surface area (TPSA) is 74.3 Å². The minimum absolute atomic E-state index is 0. The fourth-order valence-corrected chi connectivity index (χ4v) is 4.84. The molecule has 186 valence electrons. The number of carbonyl (C=O) groups excluding carboxylic acids is 2. The number of benzene rings is 1. The number of ketones is 2. The van der Waals surface area contributed by atoms with Crippen LogP contribution in [0.2, 0.25) is 0 Å². The van der Waals surface area contributed by atoms with Crippen molar-refractivity contribution in [1.29, 1.82) is 0 Å². The Hall–Kier alpha value is -2.35. The number of allylic oxidation sites excluding steroid dienone is 2. The quantitative estimate of drug-likeness (QED) is 0.363. The van der Waals surface area contributed by atoms with E-state index in [9.17, 15) is 9.59 Å². The van der Waals surface area contributed by atoms with Gasteiger partial charge in [-0.2, -0.15) is 0 Å². The molecule has 0 unspecified atom stereocenters. The van der Waals surface area contributed by atoms with Gasteiger partial charge in [0.1, 0.15) is 5.75 Å². The van der Waals surface area contributed by atoms with E-state index in [1.54, 1.807) is 0 Å². The molecule has 1 aromatic carbocycles. The lowest BCUT2D eigenvalue weighted by Crippen LogP contribution is -2.35. The van der Waals surface area contributed by atoms with Crippen molar-refractivity contribution in [3.8, 4) is 5.75 Å². The molecule has 1 saturated heterocycles. The lowest BCUT2D eigenvalue weighted by atomic mass is 9.94. The number of unbranched alkanes of at least 4 members (excludes halogenated alkanes) is 1. The molecule has 0 aromatic heterocycles. The van der Waals surface area contributed by atoms with E-state index in [-0.39, 0.29) is 35.5 Å². The molecule has 1 heterocycles. The number of Topliss-reactive ketones (excluding diaryl/α,β-unsaturated/α-hetero) is 2. The van der Waals surface area contributed by atoms with E-state index in [2.05, 4.69) is 17.0 Å². The second-order valence-electron chi connectivity index (χ2n) is 8.83. The number of hydrogen-bond donors (Lipinski definition) is 0. The zero-order chi connectivity index (χ0) is 23.2. The van der Waals surface area contributed by atoms with E-state index in [1.807, 2.05) is 12.1 Å². The molecule has 8 heteroatoms. The molecular weight excluding hydrogens is 458 g/mol. The number of halogens is 1. The molecule has 1 aliphatic heterocycles. The minimum atomic E-state index is -0.202. The normalized spacial score (nSPS) is 19.2. The summed E-state index contributed by atoms with van der Waals surface area (Å²) in [5.74, 6) is 0.855. The van der Waals surface area contributed by atoms with Crippen molar-refractivity contribution in [2.24, 2.45) is 5.92 Å². The Labute approximate surface area is 207 Å². The van der Waals surface area contributed by atoms with Crippen LogP contribution < -0.4 is 4.74 Å². The van der Waals surface area contributed by atoms with E-state index in [4.69, 9.17) is 18.9 Å². The Morgan fingerprint density at radius 3 is 2.06 bits per heavy atom. The van der Waals surface area contributed by atoms with E-state index in [0.29, 0.717) is 36.5 Å². The van der Waals surface area contributed by atoms with Crippen molar-refractivity contribution in [3.63, 3.8) is 0 Å². The Morgan fingerprint density at radius 2 is 1.50 bits per heavy atom. The molecule has 0 radical (unpaired) electrons. The average Bonchev–Trinajstić information content (AvgIpc) is 3.27. The first-order chi connectivity index (χ1) is 16.1. The van der Waals surface area contributed by atoms with Gasteiger partial charge in [-0.15, -0.1) is 12.4 Å². The summed E-state index contributed by atoms with van der Waals surface area (Å²) >= 11 is 0. The van der Waals surface area contributed by atoms with Crippen LogP contribution in [0.4, 0.5) is 0 Å². The molecule has 0 N–H and O–H groups in total. The van der Waals surface area contributed by atoms with Gasteiger partial charge in [0.05, 0.1) is 34.0 Å². The SMILES string of the molecule is COC1=C(OC)C(=O)C2=C(CC(CCCCOc3ccc(CN4CCOCC4)cc3)C2)C1=O.Cl. The molecule has 0 saturated carbocycles. The molecule has 0 atom stereocenters. The lowest BCUT2D eigenvalue weighted by Gasteiger charge is -2.26. The van der Waals surface area contributed by atoms with Crippen molar-refractivity contribution in [2.75, 3.05) is 47.1 Å². The molecule has 7 nitrogen and oxygen atoms in total. The molecule has 0 bridgehead atoms. The minimum Gasteiger partial charge on any atom is -0.494 e. The third-order valence-electron chi connectivity index (χ3n) is 6.63. The average molecular weight is 492 g/mol. The first-order valence-electron chi connectivity index (χ1n) is 11.8. The van der Waals surface area contributed by atoms with Gasteiger partial charge in [0.25, 0.3) is 0 Å². The van der Waals surface area contributed by atoms with Crippen molar-refractivity contribution >= 4 is 24.0 Å². The summed E-state index contributed by atoms with van der Waals surface area (Å²) in [4.78, 5) is 27.7. The zero-order valence-corrected chi connectivity index (χ0v) is 20.8. The second-order valence-corrected chi connectivity index (χ2v) is 8.83. The first kappa shape index (κ1) is 26.3. The number of rotatable bonds is 10. The van der Waals surface area contributed by atoms with E-state index >= 15 is 0 Å². The van der Waals surface area contributed by atoms with Crippen LogP contribution in [0.1, 0.15) is 37.7 Å². The fourth-order valence-electron chi connectivity index (χ4n) is 4.84. The molecule has 34 heavy (non-hydrogen) atoms. The molecule has 0 spiro atoms. The largest absolute Gasteiger partial charge is 0.494 e. The lowest BCUT2D eigenvalue weighted by molar-refractivity contribution is -0.121. The molecular formula is C26H34ClNO6. The smallest absolute Gasteiger partial charge is 0.228 e. The van der Waals surface area contributed by atoms with Gasteiger partial charge in [-0.05, 0) is 55.7 Å². The predicted molar refractivity (Wildman–Crippen MR) is 130 cm³/mol. The Bertz CT molecular complexity index is 895. The molecule has 1 aromatic rings. The third-order valence-corrected chi connectivity index (χ3v) is 6.63. The number of carbonyl (C=O) groups is 2. The van der Waals surface area contributed by atoms with Gasteiger partial charge in [-0.1, -0.05) is 12.1 Å². The zero-order valence-electron chi connectivity index (χ0n) is 20.0. The number of ether oxygens (including phenoxy) is 4. The number of morpholine rings is 1. The highest BCUT2D eigenvalue weighted by Crippen LogP contribution is 2.41. The molecule has 3 aliphatic rings. The van der Waals surface area contributed by atoms with Gasteiger partial charge >= 0.3 is 0 Å². The van der Waals surface area contributed by atoms with E-state index in [1.165, 1.54) is 19.8 Å². The monoisotopic (exact) mass is 491 g/mol. The Kier molecular flexibility index (Phi) is 9.56. The summed E-state index contributed by atoms with van der Waals surface area (Å²) in [6, 6.07) is 8.33. The second kappa shape index (κ2) is 12.4. The summed E-state index contributed by atoms with van der Waals surface area (Å²) < 4.78 is 21.6. The molecule has 4 rings (SSSR count). The van der Waals surface area contributed by atoms with Crippen LogP contribution in [-0.2, 0) is 30.3 Å². The van der Waals surface area contributed by atoms with Crippen LogP contribution in [0.25, 0.3) is 0 Å². The predicted octanol–water partition coefficient (Wildman–Crippen LogP) is 3.85. The van der Waals surface area contributed by atoms with Crippen LogP contribution >= 0.6 is 12.4 Å². The Morgan fingerprint density at radius 1 is 0.912 bits per heavy atom. The maximum absolute atomic E-state index is 12.7. The van der Waals surface area contributed by atoms with Crippen molar-refractivity contribution in [3.05, 3.63) is 52.5 Å². The van der Waals surface area contributed by atoms with Crippen molar-refractivity contribution in [2.45, 2.75) is 38.6 Å². The fraction of sp³-hybridized carbons (Fsp3) is 0.538. The third kappa shape index (κ3) is 6.01. The maximum Gasteiger partial charge on any atom is 0.228 e. The highest BCUT2D eigenvalue weighted by molar-refractivity contribution is 6.24. The van der Waals surface area contributed by atoms with Crippen LogP contribution in [0, 0.1) is 5.92 Å². The molecule has 1 fully saturated rings. The van der Waals surface area contributed by atoms with E-state index < -0.39 is 0 Å². The highest BCUT2D eigenvalue weighted by Gasteiger charge is 2.41. The van der Waals surface area contributed by atoms with Crippen molar-refractivity contribution < 1.29 is 28.5 Å². The number of hydrogen-bond acceptors (Lipinski definition) is 7. The van der Waals surface area contributed by atoms with Gasteiger partial charge < -0.3 is 18.9 Å². The number of nitrogens with zero attached hydrogens (tertiary/aromatic N) is 1. The summed E-state index contributed by atoms with van der Waals surface area (Å²) in [6.45, 7) is 5.19. The first-order valence-corrected chi connectivity index (χ1v) is 11.8.